The van der Waals surface area contributed by atoms with Crippen LogP contribution in [0.5, 0.6) is 0 Å². The first-order valence-corrected chi connectivity index (χ1v) is 5.93. The smallest absolute Gasteiger partial charge is 0.175 e. The summed E-state index contributed by atoms with van der Waals surface area (Å²) >= 11 is 5.81. The van der Waals surface area contributed by atoms with Crippen LogP contribution in [0.15, 0.2) is 47.2 Å². The molecule has 1 N–H and O–H groups in total. The van der Waals surface area contributed by atoms with E-state index < -0.39 is 11.8 Å². The number of hydrogen-bond acceptors (Lipinski definition) is 3. The highest BCUT2D eigenvalue weighted by atomic mass is 35.5. The lowest BCUT2D eigenvalue weighted by atomic mass is 9.71. The number of allylic oxidation sites excluding steroid dienone is 4. The monoisotopic (exact) mass is 260 g/mol. The van der Waals surface area contributed by atoms with E-state index in [2.05, 4.69) is 0 Å². The van der Waals surface area contributed by atoms with Crippen molar-refractivity contribution in [1.29, 1.82) is 0 Å². The highest BCUT2D eigenvalue weighted by molar-refractivity contribution is 6.32. The van der Waals surface area contributed by atoms with Crippen molar-refractivity contribution in [1.82, 2.24) is 0 Å². The van der Waals surface area contributed by atoms with Gasteiger partial charge in [-0.05, 0) is 6.08 Å². The van der Waals surface area contributed by atoms with E-state index in [0.717, 1.165) is 0 Å². The third kappa shape index (κ3) is 1.37. The number of carbonyl (C=O) groups excluding carboxylic acids is 2. The minimum absolute atomic E-state index is 0.122. The Hall–Kier alpha value is -1.87. The van der Waals surface area contributed by atoms with Gasteiger partial charge in [-0.25, -0.2) is 0 Å². The van der Waals surface area contributed by atoms with Gasteiger partial charge in [0.2, 0.25) is 0 Å². The van der Waals surface area contributed by atoms with Gasteiger partial charge in [0, 0.05) is 11.1 Å². The minimum Gasteiger partial charge on any atom is -0.510 e. The Morgan fingerprint density at radius 3 is 2.33 bits per heavy atom. The van der Waals surface area contributed by atoms with E-state index in [0.29, 0.717) is 11.1 Å². The quantitative estimate of drug-likeness (QED) is 0.780. The van der Waals surface area contributed by atoms with E-state index >= 15 is 0 Å². The first-order chi connectivity index (χ1) is 8.61. The van der Waals surface area contributed by atoms with Gasteiger partial charge in [-0.3, -0.25) is 9.59 Å². The molecule has 18 heavy (non-hydrogen) atoms. The molecule has 0 spiro atoms. The van der Waals surface area contributed by atoms with Gasteiger partial charge in [0.1, 0.15) is 5.76 Å². The molecule has 0 fully saturated rings. The molecule has 1 aromatic carbocycles. The second-order valence-electron chi connectivity index (χ2n) is 4.37. The maximum atomic E-state index is 12.3. The normalized spacial score (nSPS) is 26.1. The first kappa shape index (κ1) is 11.2. The van der Waals surface area contributed by atoms with Gasteiger partial charge in [0.05, 0.1) is 16.9 Å². The first-order valence-electron chi connectivity index (χ1n) is 5.55. The van der Waals surface area contributed by atoms with Gasteiger partial charge < -0.3 is 5.11 Å². The van der Waals surface area contributed by atoms with Gasteiger partial charge in [-0.15, -0.1) is 0 Å². The van der Waals surface area contributed by atoms with Crippen LogP contribution in [0.3, 0.4) is 0 Å². The molecule has 0 saturated carbocycles. The molecule has 0 amide bonds. The average Bonchev–Trinajstić information content (AvgIpc) is 2.39. The van der Waals surface area contributed by atoms with Crippen molar-refractivity contribution in [3.8, 4) is 0 Å². The largest absolute Gasteiger partial charge is 0.510 e. The molecule has 4 heteroatoms. The molecule has 3 rings (SSSR count). The zero-order valence-corrected chi connectivity index (χ0v) is 10.0. The van der Waals surface area contributed by atoms with Gasteiger partial charge in [-0.2, -0.15) is 0 Å². The summed E-state index contributed by atoms with van der Waals surface area (Å²) in [6.07, 6.45) is 3.06. The molecule has 3 nitrogen and oxygen atoms in total. The van der Waals surface area contributed by atoms with Crippen LogP contribution < -0.4 is 0 Å². The number of hydrogen-bond donors (Lipinski definition) is 1. The van der Waals surface area contributed by atoms with Crippen LogP contribution in [0.2, 0.25) is 0 Å². The predicted molar refractivity (Wildman–Crippen MR) is 66.7 cm³/mol. The van der Waals surface area contributed by atoms with Crippen LogP contribution in [0.1, 0.15) is 20.7 Å². The molecular formula is C14H9ClO3. The minimum atomic E-state index is -0.870. The van der Waals surface area contributed by atoms with Crippen molar-refractivity contribution in [3.05, 3.63) is 58.3 Å². The molecule has 0 aromatic heterocycles. The Labute approximate surface area is 108 Å². The zero-order chi connectivity index (χ0) is 12.9. The second kappa shape index (κ2) is 3.82. The van der Waals surface area contributed by atoms with Crippen LogP contribution in [0.4, 0.5) is 0 Å². The van der Waals surface area contributed by atoms with Gasteiger partial charge in [-0.1, -0.05) is 41.9 Å². The summed E-state index contributed by atoms with van der Waals surface area (Å²) in [5, 5.41) is 10.0. The van der Waals surface area contributed by atoms with E-state index in [1.807, 2.05) is 0 Å². The number of ketones is 2. The third-order valence-electron chi connectivity index (χ3n) is 3.39. The molecule has 90 valence electrons. The molecule has 0 heterocycles. The van der Waals surface area contributed by atoms with Gasteiger partial charge in [0.15, 0.2) is 11.6 Å². The van der Waals surface area contributed by atoms with Crippen molar-refractivity contribution in [3.63, 3.8) is 0 Å². The lowest BCUT2D eigenvalue weighted by Crippen LogP contribution is -2.38. The summed E-state index contributed by atoms with van der Waals surface area (Å²) < 4.78 is 0. The molecule has 2 aliphatic carbocycles. The lowest BCUT2D eigenvalue weighted by Gasteiger charge is -2.30. The van der Waals surface area contributed by atoms with Crippen molar-refractivity contribution < 1.29 is 14.7 Å². The van der Waals surface area contributed by atoms with Crippen molar-refractivity contribution in [2.45, 2.75) is 0 Å². The fourth-order valence-electron chi connectivity index (χ4n) is 2.49. The highest BCUT2D eigenvalue weighted by Gasteiger charge is 2.44. The van der Waals surface area contributed by atoms with E-state index in [-0.39, 0.29) is 22.4 Å². The lowest BCUT2D eigenvalue weighted by molar-refractivity contribution is 0.0758. The van der Waals surface area contributed by atoms with Crippen LogP contribution in [0.25, 0.3) is 0 Å². The van der Waals surface area contributed by atoms with Crippen molar-refractivity contribution in [2.75, 3.05) is 0 Å². The number of fused-ring (bicyclic) bond motifs is 2. The zero-order valence-electron chi connectivity index (χ0n) is 9.26. The Bertz CT molecular complexity index is 628. The van der Waals surface area contributed by atoms with E-state index in [1.54, 1.807) is 30.3 Å². The fourth-order valence-corrected chi connectivity index (χ4v) is 2.68. The number of halogens is 1. The topological polar surface area (TPSA) is 54.4 Å². The summed E-state index contributed by atoms with van der Waals surface area (Å²) in [6.45, 7) is 0. The van der Waals surface area contributed by atoms with E-state index in [9.17, 15) is 14.7 Å². The number of aliphatic hydroxyl groups is 1. The Kier molecular flexibility index (Phi) is 2.38. The van der Waals surface area contributed by atoms with Crippen LogP contribution in [-0.4, -0.2) is 16.7 Å². The summed E-state index contributed by atoms with van der Waals surface area (Å²) in [6, 6.07) is 6.66. The number of carbonyl (C=O) groups is 2. The maximum absolute atomic E-state index is 12.3. The molecule has 0 aliphatic heterocycles. The Balaban J connectivity index is 2.22. The molecule has 2 aliphatic rings. The van der Waals surface area contributed by atoms with E-state index in [4.69, 9.17) is 11.6 Å². The van der Waals surface area contributed by atoms with Crippen molar-refractivity contribution in [2.24, 2.45) is 11.8 Å². The van der Waals surface area contributed by atoms with Gasteiger partial charge in [0.25, 0.3) is 0 Å². The molecule has 1 aromatic rings. The fraction of sp³-hybridized carbons (Fsp3) is 0.143. The standard InChI is InChI=1S/C14H9ClO3/c15-10-6-5-9-11(14(10)18)13(17)8-4-2-1-3-7(8)12(9)16/h1-6,9,11,18H. The average molecular weight is 261 g/mol. The third-order valence-corrected chi connectivity index (χ3v) is 3.71. The number of benzene rings is 1. The molecular weight excluding hydrogens is 252 g/mol. The van der Waals surface area contributed by atoms with Crippen LogP contribution >= 0.6 is 11.6 Å². The van der Waals surface area contributed by atoms with Crippen LogP contribution in [-0.2, 0) is 0 Å². The second-order valence-corrected chi connectivity index (χ2v) is 4.78. The SMILES string of the molecule is O=C1c2ccccc2C(=O)C2C(O)=C(Cl)C=CC12. The summed E-state index contributed by atoms with van der Waals surface area (Å²) in [7, 11) is 0. The summed E-state index contributed by atoms with van der Waals surface area (Å²) in [4.78, 5) is 24.6. The Morgan fingerprint density at radius 1 is 1.06 bits per heavy atom. The van der Waals surface area contributed by atoms with Crippen molar-refractivity contribution >= 4 is 23.2 Å². The maximum Gasteiger partial charge on any atom is 0.175 e. The molecule has 2 atom stereocenters. The van der Waals surface area contributed by atoms with E-state index in [1.165, 1.54) is 6.08 Å². The molecule has 0 bridgehead atoms. The van der Waals surface area contributed by atoms with Crippen LogP contribution in [0, 0.1) is 11.8 Å². The summed E-state index contributed by atoms with van der Waals surface area (Å²) in [5.41, 5.74) is 0.772. The number of aliphatic hydroxyl groups excluding tert-OH is 1. The highest BCUT2D eigenvalue weighted by Crippen LogP contribution is 2.39. The number of Topliss-reactive ketones (excluding diaryl/α,β-unsaturated/α-hetero) is 2. The summed E-state index contributed by atoms with van der Waals surface area (Å²) in [5.74, 6) is -2.13. The number of rotatable bonds is 0. The Morgan fingerprint density at radius 2 is 1.67 bits per heavy atom. The molecule has 0 radical (unpaired) electrons. The molecule has 0 saturated heterocycles. The molecule has 2 unspecified atom stereocenters. The van der Waals surface area contributed by atoms with Gasteiger partial charge >= 0.3 is 0 Å². The predicted octanol–water partition coefficient (Wildman–Crippen LogP) is 2.88.